The number of hydrogen-bond acceptors (Lipinski definition) is 4. The maximum absolute atomic E-state index is 12.9. The second-order valence-electron chi connectivity index (χ2n) is 7.26. The van der Waals surface area contributed by atoms with Crippen LogP contribution in [0.15, 0.2) is 72.8 Å². The maximum Gasteiger partial charge on any atom is 0.244 e. The SMILES string of the molecule is C[C@H](C(=O)NCc1ccc2c(c1)OCO2)n1nc(-c2ccccc2)c2ccccc21. The Hall–Kier alpha value is -3.80. The molecule has 1 N–H and O–H groups in total. The molecule has 0 bridgehead atoms. The summed E-state index contributed by atoms with van der Waals surface area (Å²) in [6.07, 6.45) is 0. The molecular formula is C24H21N3O3. The highest BCUT2D eigenvalue weighted by Gasteiger charge is 2.21. The first-order valence-corrected chi connectivity index (χ1v) is 9.89. The van der Waals surface area contributed by atoms with E-state index in [4.69, 9.17) is 14.6 Å². The highest BCUT2D eigenvalue weighted by Crippen LogP contribution is 2.33. The van der Waals surface area contributed by atoms with Gasteiger partial charge in [-0.15, -0.1) is 0 Å². The molecule has 30 heavy (non-hydrogen) atoms. The van der Waals surface area contributed by atoms with Crippen LogP contribution >= 0.6 is 0 Å². The average molecular weight is 399 g/mol. The summed E-state index contributed by atoms with van der Waals surface area (Å²) in [4.78, 5) is 12.9. The molecule has 0 aliphatic carbocycles. The topological polar surface area (TPSA) is 65.4 Å². The van der Waals surface area contributed by atoms with Gasteiger partial charge in [-0.05, 0) is 30.7 Å². The lowest BCUT2D eigenvalue weighted by Gasteiger charge is -2.14. The lowest BCUT2D eigenvalue weighted by atomic mass is 10.1. The van der Waals surface area contributed by atoms with Gasteiger partial charge in [0.2, 0.25) is 12.7 Å². The van der Waals surface area contributed by atoms with E-state index in [1.165, 1.54) is 0 Å². The largest absolute Gasteiger partial charge is 0.454 e. The summed E-state index contributed by atoms with van der Waals surface area (Å²) in [5.41, 5.74) is 3.79. The van der Waals surface area contributed by atoms with Crippen LogP contribution in [-0.4, -0.2) is 22.5 Å². The van der Waals surface area contributed by atoms with Crippen molar-refractivity contribution in [2.45, 2.75) is 19.5 Å². The van der Waals surface area contributed by atoms with E-state index in [-0.39, 0.29) is 12.7 Å². The van der Waals surface area contributed by atoms with Gasteiger partial charge in [0.05, 0.1) is 5.52 Å². The second kappa shape index (κ2) is 7.55. The number of ether oxygens (including phenoxy) is 2. The third kappa shape index (κ3) is 3.26. The van der Waals surface area contributed by atoms with Crippen LogP contribution in [0, 0.1) is 0 Å². The third-order valence-corrected chi connectivity index (χ3v) is 5.31. The molecule has 6 heteroatoms. The van der Waals surface area contributed by atoms with Crippen LogP contribution in [0.4, 0.5) is 0 Å². The molecule has 0 spiro atoms. The van der Waals surface area contributed by atoms with Gasteiger partial charge in [-0.3, -0.25) is 9.48 Å². The number of fused-ring (bicyclic) bond motifs is 2. The number of carbonyl (C=O) groups is 1. The number of benzene rings is 3. The lowest BCUT2D eigenvalue weighted by molar-refractivity contribution is -0.124. The summed E-state index contributed by atoms with van der Waals surface area (Å²) in [6.45, 7) is 2.51. The minimum Gasteiger partial charge on any atom is -0.454 e. The Morgan fingerprint density at radius 2 is 1.80 bits per heavy atom. The minimum atomic E-state index is -0.457. The van der Waals surface area contributed by atoms with E-state index in [0.29, 0.717) is 12.3 Å². The molecule has 5 rings (SSSR count). The second-order valence-corrected chi connectivity index (χ2v) is 7.26. The van der Waals surface area contributed by atoms with Crippen LogP contribution in [-0.2, 0) is 11.3 Å². The molecule has 0 unspecified atom stereocenters. The highest BCUT2D eigenvalue weighted by atomic mass is 16.7. The zero-order chi connectivity index (χ0) is 20.5. The Labute approximate surface area is 174 Å². The molecule has 3 aromatic carbocycles. The Morgan fingerprint density at radius 3 is 2.67 bits per heavy atom. The Kier molecular flexibility index (Phi) is 4.59. The predicted octanol–water partition coefficient (Wildman–Crippen LogP) is 4.31. The van der Waals surface area contributed by atoms with Crippen molar-refractivity contribution in [3.8, 4) is 22.8 Å². The average Bonchev–Trinajstić information content (AvgIpc) is 3.42. The number of hydrogen-bond donors (Lipinski definition) is 1. The molecule has 1 aliphatic heterocycles. The van der Waals surface area contributed by atoms with Crippen molar-refractivity contribution in [1.82, 2.24) is 15.1 Å². The van der Waals surface area contributed by atoms with E-state index in [9.17, 15) is 4.79 Å². The molecule has 1 amide bonds. The van der Waals surface area contributed by atoms with Gasteiger partial charge in [0.25, 0.3) is 0 Å². The van der Waals surface area contributed by atoms with Crippen LogP contribution in [0.2, 0.25) is 0 Å². The maximum atomic E-state index is 12.9. The molecule has 2 heterocycles. The first-order chi connectivity index (χ1) is 14.7. The predicted molar refractivity (Wildman–Crippen MR) is 114 cm³/mol. The van der Waals surface area contributed by atoms with E-state index in [2.05, 4.69) is 5.32 Å². The monoisotopic (exact) mass is 399 g/mol. The fourth-order valence-corrected chi connectivity index (χ4v) is 3.69. The quantitative estimate of drug-likeness (QED) is 0.543. The number of rotatable bonds is 5. The van der Waals surface area contributed by atoms with Crippen molar-refractivity contribution >= 4 is 16.8 Å². The van der Waals surface area contributed by atoms with Crippen molar-refractivity contribution in [2.75, 3.05) is 6.79 Å². The fraction of sp³-hybridized carbons (Fsp3) is 0.167. The molecule has 1 atom stereocenters. The van der Waals surface area contributed by atoms with E-state index >= 15 is 0 Å². The van der Waals surface area contributed by atoms with Gasteiger partial charge in [0, 0.05) is 17.5 Å². The van der Waals surface area contributed by atoms with Gasteiger partial charge in [0.1, 0.15) is 11.7 Å². The van der Waals surface area contributed by atoms with Crippen LogP contribution in [0.3, 0.4) is 0 Å². The minimum absolute atomic E-state index is 0.0967. The molecule has 1 aliphatic rings. The lowest BCUT2D eigenvalue weighted by Crippen LogP contribution is -2.31. The van der Waals surface area contributed by atoms with E-state index in [1.54, 1.807) is 4.68 Å². The summed E-state index contributed by atoms with van der Waals surface area (Å²) in [5.74, 6) is 1.34. The zero-order valence-electron chi connectivity index (χ0n) is 16.5. The van der Waals surface area contributed by atoms with Crippen molar-refractivity contribution < 1.29 is 14.3 Å². The van der Waals surface area contributed by atoms with Crippen molar-refractivity contribution in [2.24, 2.45) is 0 Å². The number of amides is 1. The molecular weight excluding hydrogens is 378 g/mol. The van der Waals surface area contributed by atoms with Gasteiger partial charge in [-0.1, -0.05) is 54.6 Å². The standard InChI is InChI=1S/C24H21N3O3/c1-16(24(28)25-14-17-11-12-21-22(13-17)30-15-29-21)27-20-10-6-5-9-19(20)23(26-27)18-7-3-2-4-8-18/h2-13,16H,14-15H2,1H3,(H,25,28)/t16-/m1/s1. The number of nitrogens with one attached hydrogen (secondary N) is 1. The van der Waals surface area contributed by atoms with Gasteiger partial charge in [0.15, 0.2) is 11.5 Å². The van der Waals surface area contributed by atoms with E-state index in [0.717, 1.165) is 33.5 Å². The van der Waals surface area contributed by atoms with Crippen LogP contribution < -0.4 is 14.8 Å². The molecule has 150 valence electrons. The number of aromatic nitrogens is 2. The zero-order valence-corrected chi connectivity index (χ0v) is 16.5. The molecule has 0 saturated heterocycles. The molecule has 0 saturated carbocycles. The first kappa shape index (κ1) is 18.2. The normalized spacial score (nSPS) is 13.4. The van der Waals surface area contributed by atoms with Crippen molar-refractivity contribution in [1.29, 1.82) is 0 Å². The highest BCUT2D eigenvalue weighted by molar-refractivity contribution is 5.94. The van der Waals surface area contributed by atoms with Crippen LogP contribution in [0.1, 0.15) is 18.5 Å². The summed E-state index contributed by atoms with van der Waals surface area (Å²) < 4.78 is 12.5. The smallest absolute Gasteiger partial charge is 0.244 e. The van der Waals surface area contributed by atoms with E-state index < -0.39 is 6.04 Å². The van der Waals surface area contributed by atoms with Gasteiger partial charge in [-0.25, -0.2) is 0 Å². The summed E-state index contributed by atoms with van der Waals surface area (Å²) in [7, 11) is 0. The fourth-order valence-electron chi connectivity index (χ4n) is 3.69. The third-order valence-electron chi connectivity index (χ3n) is 5.31. The van der Waals surface area contributed by atoms with Gasteiger partial charge in [-0.2, -0.15) is 5.10 Å². The summed E-state index contributed by atoms with van der Waals surface area (Å²) in [6, 6.07) is 23.2. The van der Waals surface area contributed by atoms with Crippen molar-refractivity contribution in [3.05, 3.63) is 78.4 Å². The van der Waals surface area contributed by atoms with Crippen molar-refractivity contribution in [3.63, 3.8) is 0 Å². The van der Waals surface area contributed by atoms with Crippen LogP contribution in [0.25, 0.3) is 22.2 Å². The number of carbonyl (C=O) groups excluding carboxylic acids is 1. The molecule has 4 aromatic rings. The van der Waals surface area contributed by atoms with E-state index in [1.807, 2.05) is 79.7 Å². The molecule has 0 fully saturated rings. The summed E-state index contributed by atoms with van der Waals surface area (Å²) in [5, 5.41) is 8.84. The summed E-state index contributed by atoms with van der Waals surface area (Å²) >= 11 is 0. The van der Waals surface area contributed by atoms with Gasteiger partial charge >= 0.3 is 0 Å². The number of para-hydroxylation sites is 1. The molecule has 6 nitrogen and oxygen atoms in total. The Bertz CT molecular complexity index is 1220. The number of nitrogens with zero attached hydrogens (tertiary/aromatic N) is 2. The Morgan fingerprint density at radius 1 is 1.03 bits per heavy atom. The Balaban J connectivity index is 1.39. The molecule has 1 aromatic heterocycles. The first-order valence-electron chi connectivity index (χ1n) is 9.89. The van der Waals surface area contributed by atoms with Crippen LogP contribution in [0.5, 0.6) is 11.5 Å². The van der Waals surface area contributed by atoms with Gasteiger partial charge < -0.3 is 14.8 Å². The molecule has 0 radical (unpaired) electrons.